The quantitative estimate of drug-likeness (QED) is 0.854. The molecule has 2 aromatic rings. The third-order valence-corrected chi connectivity index (χ3v) is 3.16. The summed E-state index contributed by atoms with van der Waals surface area (Å²) in [7, 11) is 0. The maximum absolute atomic E-state index is 12.8. The van der Waals surface area contributed by atoms with Crippen LogP contribution in [0.5, 0.6) is 0 Å². The lowest BCUT2D eigenvalue weighted by molar-refractivity contribution is 0.0713. The molecule has 0 bridgehead atoms. The Kier molecular flexibility index (Phi) is 4.07. The summed E-state index contributed by atoms with van der Waals surface area (Å²) in [6, 6.07) is 14.4. The summed E-state index contributed by atoms with van der Waals surface area (Å²) in [6.07, 6.45) is -0.862. The van der Waals surface area contributed by atoms with Crippen molar-refractivity contribution in [2.75, 3.05) is 0 Å². The number of ketones is 1. The van der Waals surface area contributed by atoms with Crippen LogP contribution in [-0.4, -0.2) is 10.9 Å². The van der Waals surface area contributed by atoms with Gasteiger partial charge in [0, 0.05) is 11.5 Å². The van der Waals surface area contributed by atoms with Gasteiger partial charge in [0.1, 0.15) is 5.82 Å². The number of benzene rings is 2. The van der Waals surface area contributed by atoms with E-state index in [9.17, 15) is 14.3 Å². The number of rotatable bonds is 4. The molecule has 2 atom stereocenters. The van der Waals surface area contributed by atoms with Crippen LogP contribution in [0.15, 0.2) is 54.6 Å². The van der Waals surface area contributed by atoms with Gasteiger partial charge in [-0.15, -0.1) is 0 Å². The molecule has 3 heteroatoms. The van der Waals surface area contributed by atoms with Gasteiger partial charge in [-0.2, -0.15) is 0 Å². The van der Waals surface area contributed by atoms with Crippen LogP contribution >= 0.6 is 0 Å². The molecule has 0 amide bonds. The normalized spacial score (nSPS) is 13.8. The topological polar surface area (TPSA) is 37.3 Å². The van der Waals surface area contributed by atoms with Crippen molar-refractivity contribution in [1.82, 2.24) is 0 Å². The first-order valence-corrected chi connectivity index (χ1v) is 6.12. The van der Waals surface area contributed by atoms with Crippen LogP contribution in [0.25, 0.3) is 0 Å². The van der Waals surface area contributed by atoms with Crippen LogP contribution < -0.4 is 0 Å². The molecule has 0 aliphatic heterocycles. The third-order valence-electron chi connectivity index (χ3n) is 3.16. The number of carbonyl (C=O) groups excluding carboxylic acids is 1. The fourth-order valence-electron chi connectivity index (χ4n) is 1.96. The number of Topliss-reactive ketones (excluding diaryl/α,β-unsaturated/α-hetero) is 1. The molecule has 1 N–H and O–H groups in total. The van der Waals surface area contributed by atoms with Gasteiger partial charge >= 0.3 is 0 Å². The Bertz CT molecular complexity index is 549. The van der Waals surface area contributed by atoms with Gasteiger partial charge in [-0.25, -0.2) is 4.39 Å². The average Bonchev–Trinajstić information content (AvgIpc) is 2.46. The highest BCUT2D eigenvalue weighted by Gasteiger charge is 2.24. The summed E-state index contributed by atoms with van der Waals surface area (Å²) in [4.78, 5) is 12.2. The van der Waals surface area contributed by atoms with E-state index in [4.69, 9.17) is 0 Å². The molecule has 0 heterocycles. The Morgan fingerprint density at radius 3 is 2.21 bits per heavy atom. The summed E-state index contributed by atoms with van der Waals surface area (Å²) in [5.74, 6) is -1.16. The van der Waals surface area contributed by atoms with Crippen LogP contribution in [0.3, 0.4) is 0 Å². The maximum Gasteiger partial charge on any atom is 0.168 e. The van der Waals surface area contributed by atoms with Crippen molar-refractivity contribution in [1.29, 1.82) is 0 Å². The van der Waals surface area contributed by atoms with Crippen LogP contribution in [0.2, 0.25) is 0 Å². The van der Waals surface area contributed by atoms with E-state index in [1.807, 2.05) is 18.2 Å². The van der Waals surface area contributed by atoms with Crippen LogP contribution in [0, 0.1) is 11.7 Å². The van der Waals surface area contributed by atoms with Crippen LogP contribution in [-0.2, 0) is 0 Å². The standard InChI is InChI=1S/C16H15FO2/c1-11(15(18)12-5-3-2-4-6-12)16(19)13-7-9-14(17)10-8-13/h2-11,15,18H,1H3. The molecule has 0 radical (unpaired) electrons. The van der Waals surface area contributed by atoms with Gasteiger partial charge < -0.3 is 5.11 Å². The Morgan fingerprint density at radius 1 is 1.05 bits per heavy atom. The van der Waals surface area contributed by atoms with Crippen molar-refractivity contribution < 1.29 is 14.3 Å². The number of halogens is 1. The van der Waals surface area contributed by atoms with Gasteiger partial charge in [-0.3, -0.25) is 4.79 Å². The van der Waals surface area contributed by atoms with Crippen molar-refractivity contribution in [3.63, 3.8) is 0 Å². The van der Waals surface area contributed by atoms with E-state index < -0.39 is 12.0 Å². The molecule has 2 rings (SSSR count). The molecule has 0 spiro atoms. The summed E-state index contributed by atoms with van der Waals surface area (Å²) in [5.41, 5.74) is 1.11. The van der Waals surface area contributed by atoms with E-state index in [1.54, 1.807) is 19.1 Å². The number of aliphatic hydroxyl groups is 1. The fourth-order valence-corrected chi connectivity index (χ4v) is 1.96. The monoisotopic (exact) mass is 258 g/mol. The van der Waals surface area contributed by atoms with Gasteiger partial charge in [0.15, 0.2) is 5.78 Å². The molecule has 0 saturated carbocycles. The Hall–Kier alpha value is -2.00. The molecule has 2 unspecified atom stereocenters. The van der Waals surface area contributed by atoms with Gasteiger partial charge in [0.25, 0.3) is 0 Å². The predicted octanol–water partition coefficient (Wildman–Crippen LogP) is 3.38. The second-order valence-corrected chi connectivity index (χ2v) is 4.52. The predicted molar refractivity (Wildman–Crippen MR) is 71.3 cm³/mol. The number of hydrogen-bond donors (Lipinski definition) is 1. The smallest absolute Gasteiger partial charge is 0.168 e. The lowest BCUT2D eigenvalue weighted by Gasteiger charge is -2.18. The van der Waals surface area contributed by atoms with E-state index in [1.165, 1.54) is 24.3 Å². The zero-order chi connectivity index (χ0) is 13.8. The highest BCUT2D eigenvalue weighted by molar-refractivity contribution is 5.98. The second-order valence-electron chi connectivity index (χ2n) is 4.52. The zero-order valence-electron chi connectivity index (χ0n) is 10.6. The Labute approximate surface area is 111 Å². The number of aliphatic hydroxyl groups excluding tert-OH is 1. The third kappa shape index (κ3) is 3.06. The minimum absolute atomic E-state index is 0.198. The van der Waals surface area contributed by atoms with Crippen molar-refractivity contribution in [2.24, 2.45) is 5.92 Å². The van der Waals surface area contributed by atoms with E-state index in [2.05, 4.69) is 0 Å². The molecule has 0 aliphatic carbocycles. The highest BCUT2D eigenvalue weighted by atomic mass is 19.1. The summed E-state index contributed by atoms with van der Waals surface area (Å²) in [6.45, 7) is 1.67. The molecule has 0 saturated heterocycles. The molecular formula is C16H15FO2. The lowest BCUT2D eigenvalue weighted by atomic mass is 9.90. The highest BCUT2D eigenvalue weighted by Crippen LogP contribution is 2.24. The second kappa shape index (κ2) is 5.76. The SMILES string of the molecule is CC(C(=O)c1ccc(F)cc1)C(O)c1ccccc1. The van der Waals surface area contributed by atoms with Gasteiger partial charge in [-0.1, -0.05) is 37.3 Å². The van der Waals surface area contributed by atoms with E-state index in [0.717, 1.165) is 0 Å². The summed E-state index contributed by atoms with van der Waals surface area (Å²) in [5, 5.41) is 10.2. The first kappa shape index (κ1) is 13.4. The van der Waals surface area contributed by atoms with Crippen LogP contribution in [0.1, 0.15) is 28.9 Å². The van der Waals surface area contributed by atoms with Gasteiger partial charge in [-0.05, 0) is 29.8 Å². The summed E-state index contributed by atoms with van der Waals surface area (Å²) >= 11 is 0. The Morgan fingerprint density at radius 2 is 1.63 bits per heavy atom. The van der Waals surface area contributed by atoms with Crippen molar-refractivity contribution in [2.45, 2.75) is 13.0 Å². The molecule has 98 valence electrons. The van der Waals surface area contributed by atoms with Gasteiger partial charge in [0.05, 0.1) is 6.10 Å². The van der Waals surface area contributed by atoms with Crippen molar-refractivity contribution in [3.05, 3.63) is 71.5 Å². The Balaban J connectivity index is 2.17. The minimum Gasteiger partial charge on any atom is -0.388 e. The number of hydrogen-bond acceptors (Lipinski definition) is 2. The fraction of sp³-hybridized carbons (Fsp3) is 0.188. The van der Waals surface area contributed by atoms with Crippen molar-refractivity contribution in [3.8, 4) is 0 Å². The first-order valence-electron chi connectivity index (χ1n) is 6.12. The van der Waals surface area contributed by atoms with E-state index in [0.29, 0.717) is 11.1 Å². The molecule has 0 aromatic heterocycles. The maximum atomic E-state index is 12.8. The first-order chi connectivity index (χ1) is 9.09. The summed E-state index contributed by atoms with van der Waals surface area (Å²) < 4.78 is 12.8. The minimum atomic E-state index is -0.862. The molecule has 2 nitrogen and oxygen atoms in total. The largest absolute Gasteiger partial charge is 0.388 e. The molecule has 0 fully saturated rings. The molecule has 0 aliphatic rings. The lowest BCUT2D eigenvalue weighted by Crippen LogP contribution is -2.19. The molecular weight excluding hydrogens is 243 g/mol. The number of carbonyl (C=O) groups is 1. The zero-order valence-corrected chi connectivity index (χ0v) is 10.6. The molecule has 2 aromatic carbocycles. The van der Waals surface area contributed by atoms with E-state index in [-0.39, 0.29) is 11.6 Å². The average molecular weight is 258 g/mol. The van der Waals surface area contributed by atoms with Crippen LogP contribution in [0.4, 0.5) is 4.39 Å². The van der Waals surface area contributed by atoms with Gasteiger partial charge in [0.2, 0.25) is 0 Å². The van der Waals surface area contributed by atoms with E-state index >= 15 is 0 Å². The van der Waals surface area contributed by atoms with Crippen molar-refractivity contribution >= 4 is 5.78 Å². The molecule has 19 heavy (non-hydrogen) atoms.